The Labute approximate surface area is 103 Å². The van der Waals surface area contributed by atoms with E-state index in [9.17, 15) is 20.1 Å². The number of hydrogen-bond donors (Lipinski definition) is 5. The molecule has 6 N–H and O–H groups in total. The summed E-state index contributed by atoms with van der Waals surface area (Å²) in [6, 6.07) is 1.28. The number of nitrogens with two attached hydrogens (primary N) is 1. The summed E-state index contributed by atoms with van der Waals surface area (Å²) in [5, 5.41) is 38.0. The number of anilines is 1. The highest BCUT2D eigenvalue weighted by Crippen LogP contribution is 2.15. The van der Waals surface area contributed by atoms with Crippen LogP contribution in [0.5, 0.6) is 0 Å². The van der Waals surface area contributed by atoms with Gasteiger partial charge in [0.1, 0.15) is 11.9 Å². The van der Waals surface area contributed by atoms with Gasteiger partial charge in [-0.05, 0) is 6.07 Å². The molecular formula is C10H17N3O5. The minimum Gasteiger partial charge on any atom is -0.396 e. The molecule has 102 valence electrons. The topological polar surface area (TPSA) is 142 Å². The zero-order valence-electron chi connectivity index (χ0n) is 9.84. The van der Waals surface area contributed by atoms with Gasteiger partial charge in [0.15, 0.2) is 6.23 Å². The Kier molecular flexibility index (Phi) is 4.79. The zero-order chi connectivity index (χ0) is 13.9. The summed E-state index contributed by atoms with van der Waals surface area (Å²) in [7, 11) is 0. The van der Waals surface area contributed by atoms with E-state index < -0.39 is 30.0 Å². The van der Waals surface area contributed by atoms with Crippen molar-refractivity contribution in [3.63, 3.8) is 0 Å². The van der Waals surface area contributed by atoms with E-state index in [1.54, 1.807) is 0 Å². The van der Waals surface area contributed by atoms with Crippen LogP contribution in [0.4, 0.5) is 5.82 Å². The third-order valence-electron chi connectivity index (χ3n) is 2.66. The summed E-state index contributed by atoms with van der Waals surface area (Å²) in [6.45, 7) is 1.13. The minimum atomic E-state index is -1.67. The van der Waals surface area contributed by atoms with Gasteiger partial charge in [-0.15, -0.1) is 0 Å². The van der Waals surface area contributed by atoms with Crippen molar-refractivity contribution in [3.8, 4) is 0 Å². The van der Waals surface area contributed by atoms with E-state index in [2.05, 4.69) is 4.98 Å². The van der Waals surface area contributed by atoms with E-state index >= 15 is 0 Å². The third kappa shape index (κ3) is 3.05. The first-order valence-corrected chi connectivity index (χ1v) is 5.38. The van der Waals surface area contributed by atoms with Crippen molar-refractivity contribution in [1.82, 2.24) is 9.55 Å². The highest BCUT2D eigenvalue weighted by atomic mass is 16.4. The lowest BCUT2D eigenvalue weighted by Crippen LogP contribution is -2.43. The van der Waals surface area contributed by atoms with Crippen molar-refractivity contribution in [2.45, 2.75) is 25.4 Å². The van der Waals surface area contributed by atoms with Gasteiger partial charge >= 0.3 is 5.69 Å². The Balaban J connectivity index is 2.92. The molecule has 0 radical (unpaired) electrons. The van der Waals surface area contributed by atoms with Gasteiger partial charge in [0.05, 0.1) is 6.10 Å². The van der Waals surface area contributed by atoms with E-state index in [0.717, 1.165) is 10.8 Å². The molecular weight excluding hydrogens is 242 g/mol. The Morgan fingerprint density at radius 1 is 1.39 bits per heavy atom. The number of aromatic nitrogens is 2. The minimum absolute atomic E-state index is 0.0118. The maximum Gasteiger partial charge on any atom is 0.351 e. The highest BCUT2D eigenvalue weighted by molar-refractivity contribution is 5.23. The van der Waals surface area contributed by atoms with Crippen LogP contribution in [0.3, 0.4) is 0 Å². The smallest absolute Gasteiger partial charge is 0.351 e. The van der Waals surface area contributed by atoms with Crippen LogP contribution in [0, 0.1) is 5.92 Å². The van der Waals surface area contributed by atoms with Crippen LogP contribution in [-0.4, -0.2) is 48.8 Å². The first-order valence-electron chi connectivity index (χ1n) is 5.38. The summed E-state index contributed by atoms with van der Waals surface area (Å²) >= 11 is 0. The molecule has 0 amide bonds. The fraction of sp³-hybridized carbons (Fsp3) is 0.600. The Hall–Kier alpha value is -1.48. The zero-order valence-corrected chi connectivity index (χ0v) is 9.84. The van der Waals surface area contributed by atoms with Gasteiger partial charge in [-0.25, -0.2) is 4.79 Å². The van der Waals surface area contributed by atoms with Crippen LogP contribution >= 0.6 is 0 Å². The molecule has 0 unspecified atom stereocenters. The summed E-state index contributed by atoms with van der Waals surface area (Å²) in [5.41, 5.74) is 4.44. The standard InChI is InChI=1S/C10H17N3O5/c1-5(4-14)7(15)8(16)9(17)13-3-2-6(11)12-10(13)18/h2-3,5,7-9,14-17H,4H2,1H3,(H2,11,12,18)/t5-,7-,8+,9-/m1/s1. The van der Waals surface area contributed by atoms with Crippen molar-refractivity contribution in [2.75, 3.05) is 12.3 Å². The monoisotopic (exact) mass is 259 g/mol. The Bertz CT molecular complexity index is 449. The molecule has 0 aliphatic carbocycles. The summed E-state index contributed by atoms with van der Waals surface area (Å²) in [5.74, 6) is -0.658. The van der Waals surface area contributed by atoms with Crippen LogP contribution in [0.2, 0.25) is 0 Å². The first-order chi connectivity index (χ1) is 8.38. The summed E-state index contributed by atoms with van der Waals surface area (Å²) in [6.07, 6.45) is -3.52. The van der Waals surface area contributed by atoms with Crippen molar-refractivity contribution < 1.29 is 20.4 Å². The normalized spacial score (nSPS) is 18.1. The second-order valence-corrected chi connectivity index (χ2v) is 4.10. The third-order valence-corrected chi connectivity index (χ3v) is 2.66. The number of hydrogen-bond acceptors (Lipinski definition) is 7. The predicted molar refractivity (Wildman–Crippen MR) is 62.4 cm³/mol. The van der Waals surface area contributed by atoms with E-state index in [1.165, 1.54) is 13.0 Å². The molecule has 0 bridgehead atoms. The largest absolute Gasteiger partial charge is 0.396 e. The molecule has 0 aliphatic rings. The molecule has 1 rings (SSSR count). The maximum atomic E-state index is 11.4. The second-order valence-electron chi connectivity index (χ2n) is 4.10. The predicted octanol–water partition coefficient (Wildman–Crippen LogP) is -2.33. The van der Waals surface area contributed by atoms with Gasteiger partial charge in [0.2, 0.25) is 0 Å². The van der Waals surface area contributed by atoms with E-state index in [1.807, 2.05) is 0 Å². The number of nitrogen functional groups attached to an aromatic ring is 1. The second kappa shape index (κ2) is 5.91. The lowest BCUT2D eigenvalue weighted by atomic mass is 9.99. The first kappa shape index (κ1) is 14.6. The Morgan fingerprint density at radius 2 is 2.00 bits per heavy atom. The van der Waals surface area contributed by atoms with Gasteiger partial charge in [-0.2, -0.15) is 4.98 Å². The molecule has 1 heterocycles. The summed E-state index contributed by atoms with van der Waals surface area (Å²) in [4.78, 5) is 14.8. The van der Waals surface area contributed by atoms with E-state index in [4.69, 9.17) is 10.8 Å². The molecule has 8 nitrogen and oxygen atoms in total. The van der Waals surface area contributed by atoms with Crippen LogP contribution < -0.4 is 11.4 Å². The number of aliphatic hydroxyl groups excluding tert-OH is 4. The average molecular weight is 259 g/mol. The molecule has 0 fully saturated rings. The fourth-order valence-electron chi connectivity index (χ4n) is 1.41. The number of rotatable bonds is 5. The van der Waals surface area contributed by atoms with Gasteiger partial charge < -0.3 is 26.2 Å². The van der Waals surface area contributed by atoms with E-state index in [0.29, 0.717) is 0 Å². The van der Waals surface area contributed by atoms with Crippen LogP contribution in [0.15, 0.2) is 17.1 Å². The molecule has 0 spiro atoms. The quantitative estimate of drug-likeness (QED) is 0.399. The van der Waals surface area contributed by atoms with Gasteiger partial charge in [0.25, 0.3) is 0 Å². The van der Waals surface area contributed by atoms with Crippen LogP contribution in [0.25, 0.3) is 0 Å². The lowest BCUT2D eigenvalue weighted by molar-refractivity contribution is -0.113. The van der Waals surface area contributed by atoms with Gasteiger partial charge in [0, 0.05) is 18.7 Å². The Morgan fingerprint density at radius 3 is 2.50 bits per heavy atom. The molecule has 1 aromatic rings. The van der Waals surface area contributed by atoms with Crippen molar-refractivity contribution >= 4 is 5.82 Å². The molecule has 4 atom stereocenters. The van der Waals surface area contributed by atoms with Crippen LogP contribution in [-0.2, 0) is 0 Å². The molecule has 0 aromatic carbocycles. The molecule has 1 aromatic heterocycles. The van der Waals surface area contributed by atoms with Gasteiger partial charge in [-0.1, -0.05) is 6.92 Å². The van der Waals surface area contributed by atoms with Crippen molar-refractivity contribution in [2.24, 2.45) is 5.92 Å². The number of aliphatic hydroxyl groups is 4. The van der Waals surface area contributed by atoms with Crippen LogP contribution in [0.1, 0.15) is 13.2 Å². The maximum absolute atomic E-state index is 11.4. The highest BCUT2D eigenvalue weighted by Gasteiger charge is 2.30. The number of nitrogens with zero attached hydrogens (tertiary/aromatic N) is 2. The fourth-order valence-corrected chi connectivity index (χ4v) is 1.41. The summed E-state index contributed by atoms with van der Waals surface area (Å²) < 4.78 is 0.744. The van der Waals surface area contributed by atoms with E-state index in [-0.39, 0.29) is 12.4 Å². The van der Waals surface area contributed by atoms with Gasteiger partial charge in [-0.3, -0.25) is 4.57 Å². The molecule has 0 saturated carbocycles. The van der Waals surface area contributed by atoms with Crippen molar-refractivity contribution in [3.05, 3.63) is 22.7 Å². The molecule has 8 heteroatoms. The SMILES string of the molecule is C[C@H](CO)[C@@H](O)[C@H](O)[C@@H](O)n1ccc(N)nc1=O. The van der Waals surface area contributed by atoms with Crippen molar-refractivity contribution in [1.29, 1.82) is 0 Å². The lowest BCUT2D eigenvalue weighted by Gasteiger charge is -2.27. The molecule has 0 saturated heterocycles. The average Bonchev–Trinajstić information content (AvgIpc) is 2.35. The molecule has 0 aliphatic heterocycles. The molecule has 18 heavy (non-hydrogen) atoms.